The highest BCUT2D eigenvalue weighted by Crippen LogP contribution is 2.20. The summed E-state index contributed by atoms with van der Waals surface area (Å²) in [5, 5.41) is 4.33. The molecule has 2 rings (SSSR count). The molecule has 0 aromatic heterocycles. The molecule has 112 valence electrons. The van der Waals surface area contributed by atoms with Gasteiger partial charge in [0.05, 0.1) is 6.10 Å². The maximum Gasteiger partial charge on any atom is 0.0575 e. The molecule has 2 nitrogen and oxygen atoms in total. The molecule has 1 unspecified atom stereocenters. The minimum absolute atomic E-state index is 0.363. The van der Waals surface area contributed by atoms with Gasteiger partial charge in [0.25, 0.3) is 0 Å². The Morgan fingerprint density at radius 1 is 1.20 bits per heavy atom. The summed E-state index contributed by atoms with van der Waals surface area (Å²) < 4.78 is 5.93. The zero-order valence-electron chi connectivity index (χ0n) is 12.4. The van der Waals surface area contributed by atoms with Gasteiger partial charge in [-0.2, -0.15) is 0 Å². The first-order valence-corrected chi connectivity index (χ1v) is 8.24. The maximum absolute atomic E-state index is 5.93. The van der Waals surface area contributed by atoms with Crippen LogP contribution in [-0.4, -0.2) is 19.3 Å². The minimum atomic E-state index is 0.363. The SMILES string of the molecule is CC(NCCCOC1CCCCC1)c1ccc(Cl)cc1. The number of hydrogen-bond donors (Lipinski definition) is 1. The first-order chi connectivity index (χ1) is 9.75. The summed E-state index contributed by atoms with van der Waals surface area (Å²) in [5.74, 6) is 0. The van der Waals surface area contributed by atoms with Gasteiger partial charge in [0.1, 0.15) is 0 Å². The van der Waals surface area contributed by atoms with Crippen molar-refractivity contribution in [1.82, 2.24) is 5.32 Å². The van der Waals surface area contributed by atoms with E-state index in [1.54, 1.807) is 0 Å². The lowest BCUT2D eigenvalue weighted by molar-refractivity contribution is 0.0271. The highest BCUT2D eigenvalue weighted by Gasteiger charge is 2.13. The van der Waals surface area contributed by atoms with Gasteiger partial charge in [-0.05, 0) is 50.4 Å². The van der Waals surface area contributed by atoms with E-state index in [-0.39, 0.29) is 0 Å². The number of nitrogens with one attached hydrogen (secondary N) is 1. The summed E-state index contributed by atoms with van der Waals surface area (Å²) in [6.45, 7) is 4.06. The van der Waals surface area contributed by atoms with Crippen molar-refractivity contribution in [3.8, 4) is 0 Å². The highest BCUT2D eigenvalue weighted by atomic mass is 35.5. The summed E-state index contributed by atoms with van der Waals surface area (Å²) in [7, 11) is 0. The van der Waals surface area contributed by atoms with Crippen molar-refractivity contribution in [2.75, 3.05) is 13.2 Å². The van der Waals surface area contributed by atoms with Gasteiger partial charge in [0, 0.05) is 17.7 Å². The molecule has 3 heteroatoms. The summed E-state index contributed by atoms with van der Waals surface area (Å²) in [4.78, 5) is 0. The summed E-state index contributed by atoms with van der Waals surface area (Å²) in [6, 6.07) is 8.42. The van der Waals surface area contributed by atoms with E-state index in [1.807, 2.05) is 12.1 Å². The van der Waals surface area contributed by atoms with Crippen LogP contribution in [0.3, 0.4) is 0 Å². The molecule has 1 atom stereocenters. The van der Waals surface area contributed by atoms with Gasteiger partial charge in [-0.3, -0.25) is 0 Å². The largest absolute Gasteiger partial charge is 0.378 e. The molecular formula is C17H26ClNO. The fraction of sp³-hybridized carbons (Fsp3) is 0.647. The molecule has 0 spiro atoms. The fourth-order valence-corrected chi connectivity index (χ4v) is 2.87. The molecule has 0 radical (unpaired) electrons. The van der Waals surface area contributed by atoms with Crippen molar-refractivity contribution in [1.29, 1.82) is 0 Å². The van der Waals surface area contributed by atoms with E-state index in [9.17, 15) is 0 Å². The molecule has 1 saturated carbocycles. The highest BCUT2D eigenvalue weighted by molar-refractivity contribution is 6.30. The third-order valence-corrected chi connectivity index (χ3v) is 4.30. The molecule has 1 aliphatic carbocycles. The van der Waals surface area contributed by atoms with E-state index >= 15 is 0 Å². The number of ether oxygens (including phenoxy) is 1. The van der Waals surface area contributed by atoms with Gasteiger partial charge >= 0.3 is 0 Å². The summed E-state index contributed by atoms with van der Waals surface area (Å²) >= 11 is 5.90. The van der Waals surface area contributed by atoms with Crippen LogP contribution in [0.1, 0.15) is 57.1 Å². The Morgan fingerprint density at radius 3 is 2.60 bits per heavy atom. The summed E-state index contributed by atoms with van der Waals surface area (Å²) in [5.41, 5.74) is 1.28. The molecule has 0 saturated heterocycles. The van der Waals surface area contributed by atoms with Crippen molar-refractivity contribution in [3.63, 3.8) is 0 Å². The van der Waals surface area contributed by atoms with Crippen LogP contribution in [0, 0.1) is 0 Å². The lowest BCUT2D eigenvalue weighted by Crippen LogP contribution is -2.23. The van der Waals surface area contributed by atoms with Crippen molar-refractivity contribution in [2.45, 2.75) is 57.6 Å². The van der Waals surface area contributed by atoms with Crippen LogP contribution in [0.15, 0.2) is 24.3 Å². The van der Waals surface area contributed by atoms with E-state index in [0.717, 1.165) is 24.6 Å². The number of hydrogen-bond acceptors (Lipinski definition) is 2. The van der Waals surface area contributed by atoms with Crippen LogP contribution in [0.5, 0.6) is 0 Å². The Bertz CT molecular complexity index is 373. The van der Waals surface area contributed by atoms with E-state index < -0.39 is 0 Å². The Balaban J connectivity index is 1.57. The molecule has 0 bridgehead atoms. The average molecular weight is 296 g/mol. The first-order valence-electron chi connectivity index (χ1n) is 7.86. The van der Waals surface area contributed by atoms with Gasteiger partial charge in [0.15, 0.2) is 0 Å². The zero-order chi connectivity index (χ0) is 14.2. The second-order valence-electron chi connectivity index (χ2n) is 5.71. The molecule has 1 aliphatic rings. The van der Waals surface area contributed by atoms with E-state index in [1.165, 1.54) is 37.7 Å². The maximum atomic E-state index is 5.93. The predicted octanol–water partition coefficient (Wildman–Crippen LogP) is 4.73. The normalized spacial score (nSPS) is 18.1. The Kier molecular flexibility index (Phi) is 6.85. The molecule has 0 aliphatic heterocycles. The van der Waals surface area contributed by atoms with E-state index in [0.29, 0.717) is 12.1 Å². The Labute approximate surface area is 127 Å². The van der Waals surface area contributed by atoms with Crippen LogP contribution in [0.25, 0.3) is 0 Å². The van der Waals surface area contributed by atoms with Crippen LogP contribution in [-0.2, 0) is 4.74 Å². The minimum Gasteiger partial charge on any atom is -0.378 e. The van der Waals surface area contributed by atoms with Gasteiger partial charge < -0.3 is 10.1 Å². The predicted molar refractivity (Wildman–Crippen MR) is 85.3 cm³/mol. The number of halogens is 1. The quantitative estimate of drug-likeness (QED) is 0.734. The van der Waals surface area contributed by atoms with Crippen molar-refractivity contribution in [2.24, 2.45) is 0 Å². The monoisotopic (exact) mass is 295 g/mol. The first kappa shape index (κ1) is 15.8. The van der Waals surface area contributed by atoms with Crippen LogP contribution >= 0.6 is 11.6 Å². The van der Waals surface area contributed by atoms with Gasteiger partial charge in [-0.1, -0.05) is 43.0 Å². The lowest BCUT2D eigenvalue weighted by atomic mass is 9.98. The molecule has 0 amide bonds. The number of benzene rings is 1. The van der Waals surface area contributed by atoms with Crippen molar-refractivity contribution in [3.05, 3.63) is 34.9 Å². The summed E-state index contributed by atoms with van der Waals surface area (Å²) in [6.07, 6.45) is 8.20. The molecule has 1 N–H and O–H groups in total. The molecule has 0 heterocycles. The molecule has 1 fully saturated rings. The van der Waals surface area contributed by atoms with Crippen LogP contribution in [0.2, 0.25) is 5.02 Å². The van der Waals surface area contributed by atoms with Gasteiger partial charge in [-0.15, -0.1) is 0 Å². The molecule has 1 aromatic rings. The fourth-order valence-electron chi connectivity index (χ4n) is 2.74. The smallest absolute Gasteiger partial charge is 0.0575 e. The molecular weight excluding hydrogens is 270 g/mol. The van der Waals surface area contributed by atoms with Crippen LogP contribution < -0.4 is 5.32 Å². The zero-order valence-corrected chi connectivity index (χ0v) is 13.2. The third kappa shape index (κ3) is 5.43. The average Bonchev–Trinajstić information content (AvgIpc) is 2.48. The Morgan fingerprint density at radius 2 is 1.90 bits per heavy atom. The van der Waals surface area contributed by atoms with Gasteiger partial charge in [-0.25, -0.2) is 0 Å². The third-order valence-electron chi connectivity index (χ3n) is 4.05. The van der Waals surface area contributed by atoms with Gasteiger partial charge in [0.2, 0.25) is 0 Å². The van der Waals surface area contributed by atoms with Crippen molar-refractivity contribution < 1.29 is 4.74 Å². The van der Waals surface area contributed by atoms with Crippen LogP contribution in [0.4, 0.5) is 0 Å². The van der Waals surface area contributed by atoms with Crippen molar-refractivity contribution >= 4 is 11.6 Å². The topological polar surface area (TPSA) is 21.3 Å². The molecule has 20 heavy (non-hydrogen) atoms. The second kappa shape index (κ2) is 8.66. The second-order valence-corrected chi connectivity index (χ2v) is 6.15. The number of rotatable bonds is 7. The standard InChI is InChI=1S/C17H26ClNO/c1-14(15-8-10-16(18)11-9-15)19-12-5-13-20-17-6-3-2-4-7-17/h8-11,14,17,19H,2-7,12-13H2,1H3. The lowest BCUT2D eigenvalue weighted by Gasteiger charge is -2.22. The molecule has 1 aromatic carbocycles. The van der Waals surface area contributed by atoms with E-state index in [4.69, 9.17) is 16.3 Å². The Hall–Kier alpha value is -0.570. The van der Waals surface area contributed by atoms with E-state index in [2.05, 4.69) is 24.4 Å².